The highest BCUT2D eigenvalue weighted by molar-refractivity contribution is 5.14. The van der Waals surface area contributed by atoms with E-state index in [9.17, 15) is 0 Å². The fraction of sp³-hybridized carbons (Fsp3) is 0.533. The Morgan fingerprint density at radius 3 is 2.85 bits per heavy atom. The molecule has 1 atom stereocenters. The molecule has 2 aromatic heterocycles. The van der Waals surface area contributed by atoms with Gasteiger partial charge in [-0.1, -0.05) is 31.0 Å². The van der Waals surface area contributed by atoms with Gasteiger partial charge in [-0.2, -0.15) is 4.98 Å². The first-order chi connectivity index (χ1) is 9.70. The molecule has 108 valence electrons. The molecule has 2 rings (SSSR count). The second kappa shape index (κ2) is 7.14. The number of unbranched alkanes of at least 4 members (excludes halogenated alkanes) is 1. The smallest absolute Gasteiger partial charge is 0.223 e. The minimum atomic E-state index is 0.336. The van der Waals surface area contributed by atoms with Gasteiger partial charge in [0.1, 0.15) is 0 Å². The van der Waals surface area contributed by atoms with Gasteiger partial charge in [0.05, 0.1) is 6.54 Å². The van der Waals surface area contributed by atoms with Crippen molar-refractivity contribution in [3.05, 3.63) is 41.8 Å². The van der Waals surface area contributed by atoms with E-state index in [1.165, 1.54) is 18.4 Å². The molecule has 0 aromatic carbocycles. The van der Waals surface area contributed by atoms with Crippen LogP contribution in [0.1, 0.15) is 49.5 Å². The summed E-state index contributed by atoms with van der Waals surface area (Å²) in [6.07, 6.45) is 7.23. The second-order valence-corrected chi connectivity index (χ2v) is 5.09. The Morgan fingerprint density at radius 1 is 1.40 bits per heavy atom. The van der Waals surface area contributed by atoms with Crippen molar-refractivity contribution in [2.24, 2.45) is 0 Å². The first kappa shape index (κ1) is 14.7. The molecule has 2 aromatic rings. The van der Waals surface area contributed by atoms with Gasteiger partial charge in [-0.25, -0.2) is 0 Å². The molecule has 0 fully saturated rings. The highest BCUT2D eigenvalue weighted by Crippen LogP contribution is 2.25. The van der Waals surface area contributed by atoms with Crippen molar-refractivity contribution < 1.29 is 4.52 Å². The van der Waals surface area contributed by atoms with Gasteiger partial charge in [-0.15, -0.1) is 0 Å². The lowest BCUT2D eigenvalue weighted by Gasteiger charge is -2.27. The quantitative estimate of drug-likeness (QED) is 0.776. The van der Waals surface area contributed by atoms with E-state index in [0.717, 1.165) is 12.2 Å². The van der Waals surface area contributed by atoms with Crippen LogP contribution in [0.4, 0.5) is 0 Å². The van der Waals surface area contributed by atoms with E-state index in [1.807, 2.05) is 25.4 Å². The summed E-state index contributed by atoms with van der Waals surface area (Å²) < 4.78 is 5.03. The molecule has 0 aliphatic rings. The Labute approximate surface area is 120 Å². The first-order valence-corrected chi connectivity index (χ1v) is 7.10. The SMILES string of the molecule is CCCCC(c1cccnc1)N(C)Cc1noc(C)n1. The maximum Gasteiger partial charge on any atom is 0.223 e. The summed E-state index contributed by atoms with van der Waals surface area (Å²) in [5, 5.41) is 3.97. The number of nitrogens with zero attached hydrogens (tertiary/aromatic N) is 4. The van der Waals surface area contributed by atoms with Crippen LogP contribution in [-0.2, 0) is 6.54 Å². The van der Waals surface area contributed by atoms with Crippen molar-refractivity contribution >= 4 is 0 Å². The summed E-state index contributed by atoms with van der Waals surface area (Å²) in [4.78, 5) is 10.8. The predicted octanol–water partition coefficient (Wildman–Crippen LogP) is 3.14. The van der Waals surface area contributed by atoms with Gasteiger partial charge in [0.25, 0.3) is 0 Å². The maximum atomic E-state index is 5.03. The molecule has 5 nitrogen and oxygen atoms in total. The van der Waals surface area contributed by atoms with Crippen molar-refractivity contribution in [2.45, 2.75) is 45.7 Å². The summed E-state index contributed by atoms with van der Waals surface area (Å²) in [6, 6.07) is 4.45. The zero-order chi connectivity index (χ0) is 14.4. The molecular formula is C15H22N4O. The molecule has 0 saturated carbocycles. The summed E-state index contributed by atoms with van der Waals surface area (Å²) in [5.41, 5.74) is 1.24. The van der Waals surface area contributed by atoms with Crippen LogP contribution >= 0.6 is 0 Å². The van der Waals surface area contributed by atoms with E-state index in [0.29, 0.717) is 18.5 Å². The molecule has 0 amide bonds. The minimum absolute atomic E-state index is 0.336. The van der Waals surface area contributed by atoms with Crippen molar-refractivity contribution in [1.29, 1.82) is 0 Å². The Balaban J connectivity index is 2.09. The molecule has 0 N–H and O–H groups in total. The van der Waals surface area contributed by atoms with Gasteiger partial charge >= 0.3 is 0 Å². The summed E-state index contributed by atoms with van der Waals surface area (Å²) >= 11 is 0. The monoisotopic (exact) mass is 274 g/mol. The van der Waals surface area contributed by atoms with Gasteiger partial charge in [-0.05, 0) is 25.1 Å². The van der Waals surface area contributed by atoms with E-state index < -0.39 is 0 Å². The third kappa shape index (κ3) is 3.87. The predicted molar refractivity (Wildman–Crippen MR) is 77.0 cm³/mol. The third-order valence-corrected chi connectivity index (χ3v) is 3.39. The number of hydrogen-bond acceptors (Lipinski definition) is 5. The highest BCUT2D eigenvalue weighted by atomic mass is 16.5. The van der Waals surface area contributed by atoms with Crippen molar-refractivity contribution in [1.82, 2.24) is 20.0 Å². The largest absolute Gasteiger partial charge is 0.340 e. The lowest BCUT2D eigenvalue weighted by atomic mass is 10.0. The summed E-state index contributed by atoms with van der Waals surface area (Å²) in [5.74, 6) is 1.34. The van der Waals surface area contributed by atoms with Crippen LogP contribution in [0.2, 0.25) is 0 Å². The van der Waals surface area contributed by atoms with E-state index in [4.69, 9.17) is 4.52 Å². The van der Waals surface area contributed by atoms with Crippen LogP contribution in [-0.4, -0.2) is 27.1 Å². The van der Waals surface area contributed by atoms with E-state index >= 15 is 0 Å². The molecule has 0 bridgehead atoms. The van der Waals surface area contributed by atoms with Crippen LogP contribution in [0.3, 0.4) is 0 Å². The number of aromatic nitrogens is 3. The van der Waals surface area contributed by atoms with Crippen LogP contribution in [0.25, 0.3) is 0 Å². The molecule has 0 radical (unpaired) electrons. The minimum Gasteiger partial charge on any atom is -0.340 e. The molecule has 0 aliphatic heterocycles. The van der Waals surface area contributed by atoms with Crippen LogP contribution in [0, 0.1) is 6.92 Å². The molecular weight excluding hydrogens is 252 g/mol. The average molecular weight is 274 g/mol. The molecule has 2 heterocycles. The van der Waals surface area contributed by atoms with Gasteiger partial charge in [0.2, 0.25) is 5.89 Å². The van der Waals surface area contributed by atoms with E-state index in [2.05, 4.69) is 40.1 Å². The number of hydrogen-bond donors (Lipinski definition) is 0. The first-order valence-electron chi connectivity index (χ1n) is 7.10. The Hall–Kier alpha value is -1.75. The summed E-state index contributed by atoms with van der Waals surface area (Å²) in [6.45, 7) is 4.70. The van der Waals surface area contributed by atoms with Crippen LogP contribution < -0.4 is 0 Å². The fourth-order valence-electron chi connectivity index (χ4n) is 2.35. The number of rotatable bonds is 7. The fourth-order valence-corrected chi connectivity index (χ4v) is 2.35. The molecule has 5 heteroatoms. The molecule has 0 aliphatic carbocycles. The zero-order valence-electron chi connectivity index (χ0n) is 12.4. The van der Waals surface area contributed by atoms with E-state index in [-0.39, 0.29) is 0 Å². The Morgan fingerprint density at radius 2 is 2.25 bits per heavy atom. The maximum absolute atomic E-state index is 5.03. The molecule has 20 heavy (non-hydrogen) atoms. The van der Waals surface area contributed by atoms with E-state index in [1.54, 1.807) is 0 Å². The normalized spacial score (nSPS) is 12.8. The lowest BCUT2D eigenvalue weighted by Crippen LogP contribution is -2.25. The van der Waals surface area contributed by atoms with Gasteiger partial charge in [-0.3, -0.25) is 9.88 Å². The second-order valence-electron chi connectivity index (χ2n) is 5.09. The van der Waals surface area contributed by atoms with Gasteiger partial charge in [0, 0.05) is 25.4 Å². The number of aryl methyl sites for hydroxylation is 1. The van der Waals surface area contributed by atoms with Crippen molar-refractivity contribution in [3.63, 3.8) is 0 Å². The zero-order valence-corrected chi connectivity index (χ0v) is 12.4. The number of pyridine rings is 1. The molecule has 0 saturated heterocycles. The average Bonchev–Trinajstić information content (AvgIpc) is 2.86. The standard InChI is InChI=1S/C15H22N4O/c1-4-5-8-14(13-7-6-9-16-10-13)19(3)11-15-17-12(2)20-18-15/h6-7,9-10,14H,4-5,8,11H2,1-3H3. The highest BCUT2D eigenvalue weighted by Gasteiger charge is 2.18. The van der Waals surface area contributed by atoms with Crippen LogP contribution in [0.15, 0.2) is 29.0 Å². The molecule has 0 spiro atoms. The lowest BCUT2D eigenvalue weighted by molar-refractivity contribution is 0.212. The molecule has 1 unspecified atom stereocenters. The Bertz CT molecular complexity index is 512. The van der Waals surface area contributed by atoms with Crippen molar-refractivity contribution in [3.8, 4) is 0 Å². The summed E-state index contributed by atoms with van der Waals surface area (Å²) in [7, 11) is 2.10. The van der Waals surface area contributed by atoms with Crippen LogP contribution in [0.5, 0.6) is 0 Å². The van der Waals surface area contributed by atoms with Gasteiger partial charge < -0.3 is 4.52 Å². The van der Waals surface area contributed by atoms with Crippen molar-refractivity contribution in [2.75, 3.05) is 7.05 Å². The third-order valence-electron chi connectivity index (χ3n) is 3.39. The Kier molecular flexibility index (Phi) is 5.24. The van der Waals surface area contributed by atoms with Gasteiger partial charge in [0.15, 0.2) is 5.82 Å². The topological polar surface area (TPSA) is 55.1 Å².